The number of hydrogen-bond acceptors (Lipinski definition) is 4. The van der Waals surface area contributed by atoms with E-state index in [4.69, 9.17) is 14.2 Å². The zero-order valence-corrected chi connectivity index (χ0v) is 11.1. The minimum absolute atomic E-state index is 0.130. The highest BCUT2D eigenvalue weighted by Crippen LogP contribution is 2.27. The minimum atomic E-state index is -0.130. The predicted molar refractivity (Wildman–Crippen MR) is 63.7 cm³/mol. The molecule has 0 radical (unpaired) electrons. The molecule has 0 aliphatic heterocycles. The normalized spacial score (nSPS) is 30.2. The van der Waals surface area contributed by atoms with Crippen molar-refractivity contribution in [3.05, 3.63) is 0 Å². The smallest absolute Gasteiger partial charge is 0.0986 e. The Morgan fingerprint density at radius 2 is 2.00 bits per heavy atom. The fourth-order valence-corrected chi connectivity index (χ4v) is 1.92. The summed E-state index contributed by atoms with van der Waals surface area (Å²) in [5.41, 5.74) is -0.130. The Morgan fingerprint density at radius 1 is 1.31 bits per heavy atom. The summed E-state index contributed by atoms with van der Waals surface area (Å²) >= 11 is 0. The Hall–Kier alpha value is -0.160. The second-order valence-corrected chi connectivity index (χ2v) is 4.88. The third kappa shape index (κ3) is 3.42. The van der Waals surface area contributed by atoms with E-state index in [0.717, 1.165) is 19.6 Å². The SMILES string of the molecule is CCOC1CC(NCC(C)(C)OC)C1OC. The highest BCUT2D eigenvalue weighted by atomic mass is 16.5. The van der Waals surface area contributed by atoms with Crippen molar-refractivity contribution in [2.75, 3.05) is 27.4 Å². The second-order valence-electron chi connectivity index (χ2n) is 4.88. The van der Waals surface area contributed by atoms with Gasteiger partial charge in [-0.1, -0.05) is 0 Å². The van der Waals surface area contributed by atoms with Crippen LogP contribution < -0.4 is 5.32 Å². The van der Waals surface area contributed by atoms with Crippen molar-refractivity contribution < 1.29 is 14.2 Å². The van der Waals surface area contributed by atoms with E-state index in [1.54, 1.807) is 14.2 Å². The maximum Gasteiger partial charge on any atom is 0.0986 e. The van der Waals surface area contributed by atoms with Crippen molar-refractivity contribution in [2.45, 2.75) is 51.0 Å². The van der Waals surface area contributed by atoms with Crippen LogP contribution in [0.5, 0.6) is 0 Å². The summed E-state index contributed by atoms with van der Waals surface area (Å²) in [5.74, 6) is 0. The van der Waals surface area contributed by atoms with Gasteiger partial charge in [0.2, 0.25) is 0 Å². The lowest BCUT2D eigenvalue weighted by Crippen LogP contribution is -2.61. The van der Waals surface area contributed by atoms with Crippen LogP contribution in [0.1, 0.15) is 27.2 Å². The zero-order chi connectivity index (χ0) is 12.2. The molecule has 4 heteroatoms. The second kappa shape index (κ2) is 5.96. The first-order valence-corrected chi connectivity index (χ1v) is 5.97. The van der Waals surface area contributed by atoms with Gasteiger partial charge < -0.3 is 19.5 Å². The summed E-state index contributed by atoms with van der Waals surface area (Å²) in [5, 5.41) is 3.47. The highest BCUT2D eigenvalue weighted by molar-refractivity contribution is 4.97. The van der Waals surface area contributed by atoms with E-state index in [1.807, 2.05) is 6.92 Å². The van der Waals surface area contributed by atoms with Crippen LogP contribution in [-0.2, 0) is 14.2 Å². The summed E-state index contributed by atoms with van der Waals surface area (Å²) in [6, 6.07) is 0.385. The zero-order valence-electron chi connectivity index (χ0n) is 11.1. The molecule has 0 aromatic carbocycles. The van der Waals surface area contributed by atoms with Gasteiger partial charge in [-0.15, -0.1) is 0 Å². The maximum atomic E-state index is 5.57. The van der Waals surface area contributed by atoms with Crippen LogP contribution in [0.3, 0.4) is 0 Å². The van der Waals surface area contributed by atoms with Crippen LogP contribution >= 0.6 is 0 Å². The number of methoxy groups -OCH3 is 2. The first-order chi connectivity index (χ1) is 7.54. The molecule has 1 N–H and O–H groups in total. The summed E-state index contributed by atoms with van der Waals surface area (Å²) in [4.78, 5) is 0. The van der Waals surface area contributed by atoms with Gasteiger partial charge in [0.25, 0.3) is 0 Å². The average molecular weight is 231 g/mol. The van der Waals surface area contributed by atoms with Crippen LogP contribution in [0.15, 0.2) is 0 Å². The molecular weight excluding hydrogens is 206 g/mol. The van der Waals surface area contributed by atoms with Crippen molar-refractivity contribution in [1.82, 2.24) is 5.32 Å². The summed E-state index contributed by atoms with van der Waals surface area (Å²) in [7, 11) is 3.48. The fraction of sp³-hybridized carbons (Fsp3) is 1.00. The van der Waals surface area contributed by atoms with Crippen molar-refractivity contribution in [3.63, 3.8) is 0 Å². The first-order valence-electron chi connectivity index (χ1n) is 5.97. The first kappa shape index (κ1) is 13.9. The molecule has 0 heterocycles. The van der Waals surface area contributed by atoms with Gasteiger partial charge in [0.15, 0.2) is 0 Å². The quantitative estimate of drug-likeness (QED) is 0.714. The highest BCUT2D eigenvalue weighted by Gasteiger charge is 2.42. The molecule has 1 saturated carbocycles. The molecule has 0 aromatic heterocycles. The molecular formula is C12H25NO3. The molecule has 0 bridgehead atoms. The molecule has 4 nitrogen and oxygen atoms in total. The van der Waals surface area contributed by atoms with Crippen LogP contribution in [0, 0.1) is 0 Å². The van der Waals surface area contributed by atoms with Gasteiger partial charge in [-0.25, -0.2) is 0 Å². The van der Waals surface area contributed by atoms with Gasteiger partial charge in [-0.3, -0.25) is 0 Å². The number of ether oxygens (including phenoxy) is 3. The summed E-state index contributed by atoms with van der Waals surface area (Å²) in [6.45, 7) is 7.73. The van der Waals surface area contributed by atoms with E-state index in [1.165, 1.54) is 0 Å². The van der Waals surface area contributed by atoms with Gasteiger partial charge in [0.05, 0.1) is 17.8 Å². The third-order valence-electron chi connectivity index (χ3n) is 3.24. The van der Waals surface area contributed by atoms with Gasteiger partial charge in [-0.2, -0.15) is 0 Å². The largest absolute Gasteiger partial charge is 0.377 e. The Balaban J connectivity index is 2.29. The lowest BCUT2D eigenvalue weighted by atomic mass is 9.84. The third-order valence-corrected chi connectivity index (χ3v) is 3.24. The van der Waals surface area contributed by atoms with E-state index in [-0.39, 0.29) is 17.8 Å². The van der Waals surface area contributed by atoms with E-state index < -0.39 is 0 Å². The Labute approximate surface area is 98.6 Å². The van der Waals surface area contributed by atoms with E-state index in [9.17, 15) is 0 Å². The molecule has 1 aliphatic rings. The molecule has 0 amide bonds. The minimum Gasteiger partial charge on any atom is -0.377 e. The molecule has 3 unspecified atom stereocenters. The monoisotopic (exact) mass is 231 g/mol. The van der Waals surface area contributed by atoms with Gasteiger partial charge in [0, 0.05) is 33.4 Å². The predicted octanol–water partition coefficient (Wildman–Crippen LogP) is 1.19. The van der Waals surface area contributed by atoms with Crippen LogP contribution in [0.4, 0.5) is 0 Å². The summed E-state index contributed by atoms with van der Waals surface area (Å²) < 4.78 is 16.4. The molecule has 0 saturated heterocycles. The van der Waals surface area contributed by atoms with Crippen molar-refractivity contribution in [2.24, 2.45) is 0 Å². The van der Waals surface area contributed by atoms with Crippen molar-refractivity contribution in [3.8, 4) is 0 Å². The fourth-order valence-electron chi connectivity index (χ4n) is 1.92. The van der Waals surface area contributed by atoms with Crippen LogP contribution in [0.25, 0.3) is 0 Å². The van der Waals surface area contributed by atoms with E-state index >= 15 is 0 Å². The van der Waals surface area contributed by atoms with Crippen molar-refractivity contribution >= 4 is 0 Å². The molecule has 0 aromatic rings. The van der Waals surface area contributed by atoms with E-state index in [2.05, 4.69) is 19.2 Å². The number of nitrogens with one attached hydrogen (secondary N) is 1. The molecule has 0 spiro atoms. The molecule has 3 atom stereocenters. The molecule has 96 valence electrons. The molecule has 16 heavy (non-hydrogen) atoms. The topological polar surface area (TPSA) is 39.7 Å². The molecule has 1 aliphatic carbocycles. The van der Waals surface area contributed by atoms with Crippen LogP contribution in [0.2, 0.25) is 0 Å². The lowest BCUT2D eigenvalue weighted by Gasteiger charge is -2.44. The Morgan fingerprint density at radius 3 is 2.50 bits per heavy atom. The van der Waals surface area contributed by atoms with Gasteiger partial charge >= 0.3 is 0 Å². The Kier molecular flexibility index (Phi) is 5.18. The molecule has 1 fully saturated rings. The van der Waals surface area contributed by atoms with Crippen molar-refractivity contribution in [1.29, 1.82) is 0 Å². The summed E-state index contributed by atoms with van der Waals surface area (Å²) in [6.07, 6.45) is 1.44. The number of rotatable bonds is 7. The standard InChI is InChI=1S/C12H25NO3/c1-6-16-10-7-9(11(10)14-4)13-8-12(2,3)15-5/h9-11,13H,6-8H2,1-5H3. The molecule has 1 rings (SSSR count). The van der Waals surface area contributed by atoms with Gasteiger partial charge in [0.1, 0.15) is 0 Å². The van der Waals surface area contributed by atoms with E-state index in [0.29, 0.717) is 6.04 Å². The van der Waals surface area contributed by atoms with Gasteiger partial charge in [-0.05, 0) is 27.2 Å². The lowest BCUT2D eigenvalue weighted by molar-refractivity contribution is -0.134. The Bertz CT molecular complexity index is 208. The number of hydrogen-bond donors (Lipinski definition) is 1. The average Bonchev–Trinajstić information content (AvgIpc) is 2.23. The van der Waals surface area contributed by atoms with Crippen LogP contribution in [-0.4, -0.2) is 51.2 Å². The maximum absolute atomic E-state index is 5.57.